The van der Waals surface area contributed by atoms with Crippen LogP contribution in [0.1, 0.15) is 41.5 Å². The maximum Gasteiger partial charge on any atom is 0.317 e. The van der Waals surface area contributed by atoms with E-state index in [0.717, 1.165) is 41.8 Å². The summed E-state index contributed by atoms with van der Waals surface area (Å²) in [6.45, 7) is 2.50. The minimum Gasteiger partial charge on any atom is -0.469 e. The quantitative estimate of drug-likeness (QED) is 0.946. The SMILES string of the molecule is Cc1ccc(CN(C)C(=O)N[C@H]2CCCc3occc32)nc1. The van der Waals surface area contributed by atoms with E-state index in [9.17, 15) is 4.79 Å². The molecule has 2 heterocycles. The molecule has 0 aliphatic heterocycles. The fourth-order valence-corrected chi connectivity index (χ4v) is 2.80. The van der Waals surface area contributed by atoms with Gasteiger partial charge in [-0.1, -0.05) is 6.07 Å². The number of pyridine rings is 1. The number of carbonyl (C=O) groups is 1. The van der Waals surface area contributed by atoms with Crippen LogP contribution in [0.15, 0.2) is 35.1 Å². The van der Waals surface area contributed by atoms with Gasteiger partial charge in [0.25, 0.3) is 0 Å². The number of aryl methyl sites for hydroxylation is 2. The first-order valence-corrected chi connectivity index (χ1v) is 7.63. The number of nitrogens with zero attached hydrogens (tertiary/aromatic N) is 2. The van der Waals surface area contributed by atoms with Crippen LogP contribution < -0.4 is 5.32 Å². The first-order chi connectivity index (χ1) is 10.6. The summed E-state index contributed by atoms with van der Waals surface area (Å²) in [4.78, 5) is 18.4. The molecule has 22 heavy (non-hydrogen) atoms. The van der Waals surface area contributed by atoms with Gasteiger partial charge < -0.3 is 14.6 Å². The largest absolute Gasteiger partial charge is 0.469 e. The van der Waals surface area contributed by atoms with Crippen LogP contribution in [0, 0.1) is 6.92 Å². The Hall–Kier alpha value is -2.30. The molecule has 1 atom stereocenters. The van der Waals surface area contributed by atoms with Gasteiger partial charge in [-0.2, -0.15) is 0 Å². The van der Waals surface area contributed by atoms with Crippen molar-refractivity contribution in [3.63, 3.8) is 0 Å². The van der Waals surface area contributed by atoms with Crippen LogP contribution in [0.3, 0.4) is 0 Å². The molecule has 0 spiro atoms. The molecule has 0 saturated carbocycles. The molecule has 1 aliphatic carbocycles. The first-order valence-electron chi connectivity index (χ1n) is 7.63. The summed E-state index contributed by atoms with van der Waals surface area (Å²) in [6.07, 6.45) is 6.47. The van der Waals surface area contributed by atoms with E-state index in [1.54, 1.807) is 18.2 Å². The summed E-state index contributed by atoms with van der Waals surface area (Å²) < 4.78 is 5.46. The summed E-state index contributed by atoms with van der Waals surface area (Å²) in [7, 11) is 1.79. The highest BCUT2D eigenvalue weighted by Gasteiger charge is 2.25. The van der Waals surface area contributed by atoms with Crippen LogP contribution in [0.4, 0.5) is 4.79 Å². The van der Waals surface area contributed by atoms with Gasteiger partial charge >= 0.3 is 6.03 Å². The lowest BCUT2D eigenvalue weighted by Gasteiger charge is -2.26. The molecule has 3 rings (SSSR count). The van der Waals surface area contributed by atoms with Crippen LogP contribution in [-0.4, -0.2) is 23.0 Å². The van der Waals surface area contributed by atoms with Crippen molar-refractivity contribution in [2.24, 2.45) is 0 Å². The van der Waals surface area contributed by atoms with Gasteiger partial charge in [0.05, 0.1) is 24.5 Å². The van der Waals surface area contributed by atoms with Crippen molar-refractivity contribution in [3.8, 4) is 0 Å². The number of hydrogen-bond donors (Lipinski definition) is 1. The number of amides is 2. The second kappa shape index (κ2) is 6.22. The average molecular weight is 299 g/mol. The van der Waals surface area contributed by atoms with Gasteiger partial charge in [-0.25, -0.2) is 4.79 Å². The fraction of sp³-hybridized carbons (Fsp3) is 0.412. The standard InChI is InChI=1S/C17H21N3O2/c1-12-6-7-13(18-10-12)11-20(2)17(21)19-15-4-3-5-16-14(15)8-9-22-16/h6-10,15H,3-5,11H2,1-2H3,(H,19,21)/t15-/m0/s1. The number of furan rings is 1. The van der Waals surface area contributed by atoms with Gasteiger partial charge in [-0.15, -0.1) is 0 Å². The van der Waals surface area contributed by atoms with Crippen molar-refractivity contribution in [1.82, 2.24) is 15.2 Å². The third-order valence-electron chi connectivity index (χ3n) is 4.07. The lowest BCUT2D eigenvalue weighted by molar-refractivity contribution is 0.200. The van der Waals surface area contributed by atoms with Gasteiger partial charge in [-0.05, 0) is 37.5 Å². The van der Waals surface area contributed by atoms with E-state index in [-0.39, 0.29) is 12.1 Å². The van der Waals surface area contributed by atoms with Crippen LogP contribution in [0.25, 0.3) is 0 Å². The smallest absolute Gasteiger partial charge is 0.317 e. The molecule has 1 N–H and O–H groups in total. The fourth-order valence-electron chi connectivity index (χ4n) is 2.80. The second-order valence-corrected chi connectivity index (χ2v) is 5.88. The van der Waals surface area contributed by atoms with Gasteiger partial charge in [0, 0.05) is 25.2 Å². The highest BCUT2D eigenvalue weighted by molar-refractivity contribution is 5.74. The Labute approximate surface area is 130 Å². The summed E-state index contributed by atoms with van der Waals surface area (Å²) in [6, 6.07) is 5.88. The summed E-state index contributed by atoms with van der Waals surface area (Å²) in [5.41, 5.74) is 3.11. The molecule has 0 fully saturated rings. The van der Waals surface area contributed by atoms with E-state index in [1.807, 2.05) is 31.3 Å². The maximum atomic E-state index is 12.4. The number of nitrogens with one attached hydrogen (secondary N) is 1. The first kappa shape index (κ1) is 14.6. The molecule has 0 radical (unpaired) electrons. The minimum atomic E-state index is -0.0820. The summed E-state index contributed by atoms with van der Waals surface area (Å²) in [5, 5.41) is 3.09. The van der Waals surface area contributed by atoms with E-state index in [1.165, 1.54) is 0 Å². The molecule has 0 aromatic carbocycles. The van der Waals surface area contributed by atoms with Crippen LogP contribution >= 0.6 is 0 Å². The Morgan fingerprint density at radius 1 is 1.45 bits per heavy atom. The normalized spacial score (nSPS) is 16.9. The van der Waals surface area contributed by atoms with Crippen molar-refractivity contribution in [2.45, 2.75) is 38.8 Å². The molecule has 1 aliphatic rings. The molecule has 2 aromatic rings. The predicted octanol–water partition coefficient (Wildman–Crippen LogP) is 3.20. The highest BCUT2D eigenvalue weighted by atomic mass is 16.3. The summed E-state index contributed by atoms with van der Waals surface area (Å²) >= 11 is 0. The lowest BCUT2D eigenvalue weighted by Crippen LogP contribution is -2.39. The maximum absolute atomic E-state index is 12.4. The second-order valence-electron chi connectivity index (χ2n) is 5.88. The third kappa shape index (κ3) is 3.13. The van der Waals surface area contributed by atoms with Crippen molar-refractivity contribution >= 4 is 6.03 Å². The molecule has 116 valence electrons. The zero-order chi connectivity index (χ0) is 15.5. The Kier molecular flexibility index (Phi) is 4.13. The molecule has 0 bridgehead atoms. The van der Waals surface area contributed by atoms with E-state index in [4.69, 9.17) is 4.42 Å². The van der Waals surface area contributed by atoms with E-state index < -0.39 is 0 Å². The number of urea groups is 1. The predicted molar refractivity (Wildman–Crippen MR) is 83.4 cm³/mol. The number of carbonyl (C=O) groups excluding carboxylic acids is 1. The van der Waals surface area contributed by atoms with Gasteiger partial charge in [0.15, 0.2) is 0 Å². The van der Waals surface area contributed by atoms with E-state index in [0.29, 0.717) is 6.54 Å². The van der Waals surface area contributed by atoms with Gasteiger partial charge in [0.2, 0.25) is 0 Å². The van der Waals surface area contributed by atoms with Crippen molar-refractivity contribution < 1.29 is 9.21 Å². The lowest BCUT2D eigenvalue weighted by atomic mass is 9.93. The topological polar surface area (TPSA) is 58.4 Å². The van der Waals surface area contributed by atoms with Crippen LogP contribution in [0.2, 0.25) is 0 Å². The Morgan fingerprint density at radius 3 is 3.09 bits per heavy atom. The monoisotopic (exact) mass is 299 g/mol. The number of aromatic nitrogens is 1. The molecule has 5 nitrogen and oxygen atoms in total. The number of fused-ring (bicyclic) bond motifs is 1. The molecule has 5 heteroatoms. The van der Waals surface area contributed by atoms with Gasteiger partial charge in [-0.3, -0.25) is 4.98 Å². The minimum absolute atomic E-state index is 0.0448. The molecule has 2 aromatic heterocycles. The molecular formula is C17H21N3O2. The molecule has 0 unspecified atom stereocenters. The van der Waals surface area contributed by atoms with E-state index >= 15 is 0 Å². The highest BCUT2D eigenvalue weighted by Crippen LogP contribution is 2.30. The average Bonchev–Trinajstić information content (AvgIpc) is 2.99. The van der Waals surface area contributed by atoms with Crippen molar-refractivity contribution in [2.75, 3.05) is 7.05 Å². The number of hydrogen-bond acceptors (Lipinski definition) is 3. The Balaban J connectivity index is 1.61. The summed E-state index contributed by atoms with van der Waals surface area (Å²) in [5.74, 6) is 0.999. The van der Waals surface area contributed by atoms with Crippen LogP contribution in [0.5, 0.6) is 0 Å². The Morgan fingerprint density at radius 2 is 2.32 bits per heavy atom. The zero-order valence-electron chi connectivity index (χ0n) is 13.0. The molecule has 2 amide bonds. The van der Waals surface area contributed by atoms with Gasteiger partial charge in [0.1, 0.15) is 5.76 Å². The third-order valence-corrected chi connectivity index (χ3v) is 4.07. The molecule has 0 saturated heterocycles. The van der Waals surface area contributed by atoms with E-state index in [2.05, 4.69) is 10.3 Å². The zero-order valence-corrected chi connectivity index (χ0v) is 13.0. The van der Waals surface area contributed by atoms with Crippen molar-refractivity contribution in [3.05, 3.63) is 53.2 Å². The van der Waals surface area contributed by atoms with Crippen molar-refractivity contribution in [1.29, 1.82) is 0 Å². The van der Waals surface area contributed by atoms with Crippen LogP contribution in [-0.2, 0) is 13.0 Å². The molecular weight excluding hydrogens is 278 g/mol. The number of rotatable bonds is 3. The Bertz CT molecular complexity index is 648.